The van der Waals surface area contributed by atoms with Crippen LogP contribution in [0.2, 0.25) is 5.02 Å². The number of carbonyl (C=O) groups is 1. The van der Waals surface area contributed by atoms with E-state index in [-0.39, 0.29) is 5.75 Å². The van der Waals surface area contributed by atoms with Crippen LogP contribution in [-0.4, -0.2) is 18.3 Å². The SMILES string of the molecule is COC(=O)Nc1ccc(NCc2ccc(O)c(Cl)c2)cc1. The first kappa shape index (κ1) is 15.0. The molecule has 0 radical (unpaired) electrons. The Hall–Kier alpha value is -2.40. The predicted octanol–water partition coefficient (Wildman–Crippen LogP) is 3.84. The second-order valence-electron chi connectivity index (χ2n) is 4.33. The number of phenols is 1. The maximum Gasteiger partial charge on any atom is 0.411 e. The number of benzene rings is 2. The average molecular weight is 307 g/mol. The van der Waals surface area contributed by atoms with E-state index in [1.807, 2.05) is 12.1 Å². The molecule has 0 atom stereocenters. The van der Waals surface area contributed by atoms with Crippen molar-refractivity contribution in [3.8, 4) is 5.75 Å². The van der Waals surface area contributed by atoms with E-state index in [1.165, 1.54) is 7.11 Å². The number of hydrogen-bond acceptors (Lipinski definition) is 4. The number of halogens is 1. The van der Waals surface area contributed by atoms with Crippen molar-refractivity contribution in [1.29, 1.82) is 0 Å². The number of hydrogen-bond donors (Lipinski definition) is 3. The van der Waals surface area contributed by atoms with Crippen LogP contribution in [-0.2, 0) is 11.3 Å². The zero-order valence-electron chi connectivity index (χ0n) is 11.4. The molecule has 0 aliphatic heterocycles. The Bertz CT molecular complexity index is 629. The lowest BCUT2D eigenvalue weighted by atomic mass is 10.2. The Balaban J connectivity index is 1.94. The van der Waals surface area contributed by atoms with Gasteiger partial charge in [0.05, 0.1) is 12.1 Å². The van der Waals surface area contributed by atoms with Crippen LogP contribution < -0.4 is 10.6 Å². The molecule has 0 saturated carbocycles. The maximum atomic E-state index is 11.1. The minimum atomic E-state index is -0.505. The lowest BCUT2D eigenvalue weighted by Gasteiger charge is -2.09. The number of nitrogens with one attached hydrogen (secondary N) is 2. The molecule has 0 unspecified atom stereocenters. The maximum absolute atomic E-state index is 11.1. The first-order valence-electron chi connectivity index (χ1n) is 6.25. The quantitative estimate of drug-likeness (QED) is 0.802. The van der Waals surface area contributed by atoms with Crippen molar-refractivity contribution in [2.45, 2.75) is 6.54 Å². The molecule has 0 heterocycles. The number of phenolic OH excluding ortho intramolecular Hbond substituents is 1. The monoisotopic (exact) mass is 306 g/mol. The van der Waals surface area contributed by atoms with E-state index in [1.54, 1.807) is 30.3 Å². The van der Waals surface area contributed by atoms with Crippen LogP contribution in [0.5, 0.6) is 5.75 Å². The molecule has 0 fully saturated rings. The Labute approximate surface area is 127 Å². The largest absolute Gasteiger partial charge is 0.506 e. The first-order chi connectivity index (χ1) is 10.1. The Kier molecular flexibility index (Phi) is 4.90. The number of methoxy groups -OCH3 is 1. The summed E-state index contributed by atoms with van der Waals surface area (Å²) in [6, 6.07) is 12.3. The van der Waals surface area contributed by atoms with Crippen molar-refractivity contribution < 1.29 is 14.6 Å². The second-order valence-corrected chi connectivity index (χ2v) is 4.74. The van der Waals surface area contributed by atoms with Crippen molar-refractivity contribution in [2.75, 3.05) is 17.7 Å². The Morgan fingerprint density at radius 2 is 1.86 bits per heavy atom. The molecule has 1 amide bonds. The molecule has 0 aliphatic carbocycles. The van der Waals surface area contributed by atoms with Gasteiger partial charge in [0.2, 0.25) is 0 Å². The number of ether oxygens (including phenoxy) is 1. The minimum Gasteiger partial charge on any atom is -0.506 e. The average Bonchev–Trinajstić information content (AvgIpc) is 2.50. The zero-order chi connectivity index (χ0) is 15.2. The van der Waals surface area contributed by atoms with Crippen molar-refractivity contribution in [2.24, 2.45) is 0 Å². The molecule has 21 heavy (non-hydrogen) atoms. The van der Waals surface area contributed by atoms with E-state index < -0.39 is 6.09 Å². The molecule has 0 spiro atoms. The normalized spacial score (nSPS) is 10.0. The highest BCUT2D eigenvalue weighted by atomic mass is 35.5. The molecule has 2 aromatic rings. The summed E-state index contributed by atoms with van der Waals surface area (Å²) < 4.78 is 4.51. The van der Waals surface area contributed by atoms with Crippen LogP contribution in [0.15, 0.2) is 42.5 Å². The summed E-state index contributed by atoms with van der Waals surface area (Å²) in [5.74, 6) is 0.0682. The fourth-order valence-corrected chi connectivity index (χ4v) is 1.91. The number of anilines is 2. The van der Waals surface area contributed by atoms with Gasteiger partial charge in [0.15, 0.2) is 0 Å². The van der Waals surface area contributed by atoms with Gasteiger partial charge in [-0.15, -0.1) is 0 Å². The molecule has 6 heteroatoms. The van der Waals surface area contributed by atoms with E-state index in [0.717, 1.165) is 11.3 Å². The highest BCUT2D eigenvalue weighted by molar-refractivity contribution is 6.32. The molecule has 110 valence electrons. The first-order valence-corrected chi connectivity index (χ1v) is 6.62. The third kappa shape index (κ3) is 4.29. The van der Waals surface area contributed by atoms with E-state index in [0.29, 0.717) is 17.3 Å². The highest BCUT2D eigenvalue weighted by Crippen LogP contribution is 2.24. The van der Waals surface area contributed by atoms with E-state index >= 15 is 0 Å². The van der Waals surface area contributed by atoms with Crippen LogP contribution in [0.25, 0.3) is 0 Å². The standard InChI is InChI=1S/C15H15ClN2O3/c1-21-15(20)18-12-5-3-11(4-6-12)17-9-10-2-7-14(19)13(16)8-10/h2-8,17,19H,9H2,1H3,(H,18,20). The van der Waals surface area contributed by atoms with Crippen molar-refractivity contribution in [3.05, 3.63) is 53.1 Å². The van der Waals surface area contributed by atoms with Crippen LogP contribution in [0.4, 0.5) is 16.2 Å². The van der Waals surface area contributed by atoms with Gasteiger partial charge in [-0.2, -0.15) is 0 Å². The molecule has 3 N–H and O–H groups in total. The van der Waals surface area contributed by atoms with Crippen molar-refractivity contribution in [1.82, 2.24) is 0 Å². The van der Waals surface area contributed by atoms with Crippen molar-refractivity contribution >= 4 is 29.1 Å². The smallest absolute Gasteiger partial charge is 0.411 e. The van der Waals surface area contributed by atoms with Crippen LogP contribution in [0.1, 0.15) is 5.56 Å². The van der Waals surface area contributed by atoms with Crippen LogP contribution >= 0.6 is 11.6 Å². The highest BCUT2D eigenvalue weighted by Gasteiger charge is 2.02. The lowest BCUT2D eigenvalue weighted by molar-refractivity contribution is 0.187. The Morgan fingerprint density at radius 3 is 2.48 bits per heavy atom. The molecule has 2 aromatic carbocycles. The molecule has 0 bridgehead atoms. The number of amides is 1. The van der Waals surface area contributed by atoms with Gasteiger partial charge in [-0.05, 0) is 42.0 Å². The third-order valence-electron chi connectivity index (χ3n) is 2.83. The topological polar surface area (TPSA) is 70.6 Å². The van der Waals surface area contributed by atoms with Crippen molar-refractivity contribution in [3.63, 3.8) is 0 Å². The van der Waals surface area contributed by atoms with Gasteiger partial charge in [0.1, 0.15) is 5.75 Å². The number of carbonyl (C=O) groups excluding carboxylic acids is 1. The molecule has 0 saturated heterocycles. The summed E-state index contributed by atoms with van der Waals surface area (Å²) in [5.41, 5.74) is 2.50. The van der Waals surface area contributed by atoms with E-state index in [4.69, 9.17) is 11.6 Å². The van der Waals surface area contributed by atoms with Crippen LogP contribution in [0.3, 0.4) is 0 Å². The molecular formula is C15H15ClN2O3. The number of rotatable bonds is 4. The van der Waals surface area contributed by atoms with E-state index in [9.17, 15) is 9.90 Å². The fraction of sp³-hybridized carbons (Fsp3) is 0.133. The van der Waals surface area contributed by atoms with Gasteiger partial charge in [0, 0.05) is 17.9 Å². The third-order valence-corrected chi connectivity index (χ3v) is 3.13. The molecule has 0 aliphatic rings. The predicted molar refractivity (Wildman–Crippen MR) is 82.9 cm³/mol. The van der Waals surface area contributed by atoms with Gasteiger partial charge < -0.3 is 15.2 Å². The molecule has 2 rings (SSSR count). The second kappa shape index (κ2) is 6.85. The number of aromatic hydroxyl groups is 1. The summed E-state index contributed by atoms with van der Waals surface area (Å²) in [7, 11) is 1.31. The van der Waals surface area contributed by atoms with Gasteiger partial charge in [-0.3, -0.25) is 5.32 Å². The van der Waals surface area contributed by atoms with E-state index in [2.05, 4.69) is 15.4 Å². The molecule has 5 nitrogen and oxygen atoms in total. The fourth-order valence-electron chi connectivity index (χ4n) is 1.70. The summed E-state index contributed by atoms with van der Waals surface area (Å²) in [5, 5.41) is 15.5. The molecular weight excluding hydrogens is 292 g/mol. The zero-order valence-corrected chi connectivity index (χ0v) is 12.1. The van der Waals surface area contributed by atoms with Gasteiger partial charge >= 0.3 is 6.09 Å². The van der Waals surface area contributed by atoms with Gasteiger partial charge in [-0.25, -0.2) is 4.79 Å². The molecule has 0 aromatic heterocycles. The summed E-state index contributed by atoms with van der Waals surface area (Å²) in [4.78, 5) is 11.1. The van der Waals surface area contributed by atoms with Crippen LogP contribution in [0, 0.1) is 0 Å². The minimum absolute atomic E-state index is 0.0682. The lowest BCUT2D eigenvalue weighted by Crippen LogP contribution is -2.10. The Morgan fingerprint density at radius 1 is 1.19 bits per heavy atom. The summed E-state index contributed by atoms with van der Waals surface area (Å²) in [6.45, 7) is 0.573. The summed E-state index contributed by atoms with van der Waals surface area (Å²) >= 11 is 5.85. The van der Waals surface area contributed by atoms with Gasteiger partial charge in [0.25, 0.3) is 0 Å². The van der Waals surface area contributed by atoms with Gasteiger partial charge in [-0.1, -0.05) is 17.7 Å². The summed E-state index contributed by atoms with van der Waals surface area (Å²) in [6.07, 6.45) is -0.505.